The van der Waals surface area contributed by atoms with E-state index in [9.17, 15) is 13.2 Å². The molecule has 162 valence electrons. The quantitative estimate of drug-likeness (QED) is 0.482. The number of carbonyl (C=O) groups is 1. The fraction of sp³-hybridized carbons (Fsp3) is 0.174. The van der Waals surface area contributed by atoms with Crippen LogP contribution in [0.2, 0.25) is 0 Å². The third-order valence-corrected chi connectivity index (χ3v) is 6.96. The predicted molar refractivity (Wildman–Crippen MR) is 128 cm³/mol. The topological polar surface area (TPSA) is 69.7 Å². The second-order valence-electron chi connectivity index (χ2n) is 6.91. The fourth-order valence-electron chi connectivity index (χ4n) is 3.03. The van der Waals surface area contributed by atoms with Crippen molar-refractivity contribution in [2.45, 2.75) is 4.90 Å². The number of hydrogen-bond donors (Lipinski definition) is 1. The van der Waals surface area contributed by atoms with Gasteiger partial charge >= 0.3 is 0 Å². The van der Waals surface area contributed by atoms with E-state index in [1.54, 1.807) is 42.5 Å². The maximum atomic E-state index is 13.3. The summed E-state index contributed by atoms with van der Waals surface area (Å²) in [4.78, 5) is 14.8. The van der Waals surface area contributed by atoms with Gasteiger partial charge in [-0.25, -0.2) is 8.42 Å². The minimum atomic E-state index is -3.91. The van der Waals surface area contributed by atoms with Crippen molar-refractivity contribution in [3.8, 4) is 0 Å². The second-order valence-corrected chi connectivity index (χ2v) is 9.69. The van der Waals surface area contributed by atoms with Gasteiger partial charge in [0.25, 0.3) is 10.0 Å². The molecule has 0 atom stereocenters. The van der Waals surface area contributed by atoms with Crippen LogP contribution in [0.3, 0.4) is 0 Å². The van der Waals surface area contributed by atoms with Crippen LogP contribution in [0.15, 0.2) is 94.3 Å². The standard InChI is InChI=1S/C23H24BrN3O3S/c1-26(20-10-4-2-5-11-20)16-15-25-23(28)18-27(21-12-8-9-19(24)17-21)31(29,30)22-13-6-3-7-14-22/h2-14,17H,15-16,18H2,1H3,(H,25,28). The number of nitrogens with zero attached hydrogens (tertiary/aromatic N) is 2. The lowest BCUT2D eigenvalue weighted by Crippen LogP contribution is -2.42. The van der Waals surface area contributed by atoms with E-state index in [1.807, 2.05) is 42.3 Å². The summed E-state index contributed by atoms with van der Waals surface area (Å²) in [6.07, 6.45) is 0. The minimum Gasteiger partial charge on any atom is -0.373 e. The first-order chi connectivity index (χ1) is 14.9. The molecule has 0 unspecified atom stereocenters. The van der Waals surface area contributed by atoms with Crippen molar-refractivity contribution >= 4 is 43.2 Å². The summed E-state index contributed by atoms with van der Waals surface area (Å²) < 4.78 is 28.4. The molecule has 3 rings (SSSR count). The number of amides is 1. The third kappa shape index (κ3) is 6.08. The van der Waals surface area contributed by atoms with Gasteiger partial charge in [0.1, 0.15) is 6.54 Å². The molecule has 0 aliphatic carbocycles. The molecule has 0 saturated carbocycles. The summed E-state index contributed by atoms with van der Waals surface area (Å²) in [5, 5.41) is 2.82. The van der Waals surface area contributed by atoms with Gasteiger partial charge in [-0.1, -0.05) is 58.4 Å². The first kappa shape index (κ1) is 22.8. The minimum absolute atomic E-state index is 0.131. The van der Waals surface area contributed by atoms with Gasteiger partial charge < -0.3 is 10.2 Å². The molecule has 0 saturated heterocycles. The Bertz CT molecular complexity index is 1110. The van der Waals surface area contributed by atoms with E-state index in [4.69, 9.17) is 0 Å². The largest absolute Gasteiger partial charge is 0.373 e. The van der Waals surface area contributed by atoms with Crippen molar-refractivity contribution in [3.05, 3.63) is 89.4 Å². The number of carbonyl (C=O) groups excluding carboxylic acids is 1. The van der Waals surface area contributed by atoms with Crippen LogP contribution in [-0.2, 0) is 14.8 Å². The highest BCUT2D eigenvalue weighted by atomic mass is 79.9. The first-order valence-corrected chi connectivity index (χ1v) is 12.0. The molecule has 8 heteroatoms. The molecule has 0 bridgehead atoms. The van der Waals surface area contributed by atoms with Crippen LogP contribution < -0.4 is 14.5 Å². The average molecular weight is 502 g/mol. The zero-order chi connectivity index (χ0) is 22.3. The molecule has 0 heterocycles. The van der Waals surface area contributed by atoms with E-state index in [-0.39, 0.29) is 17.3 Å². The fourth-order valence-corrected chi connectivity index (χ4v) is 4.85. The van der Waals surface area contributed by atoms with Gasteiger partial charge in [0.2, 0.25) is 5.91 Å². The van der Waals surface area contributed by atoms with Gasteiger partial charge in [-0.05, 0) is 42.5 Å². The highest BCUT2D eigenvalue weighted by Gasteiger charge is 2.27. The van der Waals surface area contributed by atoms with Crippen LogP contribution in [0.25, 0.3) is 0 Å². The molecule has 0 aliphatic rings. The SMILES string of the molecule is CN(CCNC(=O)CN(c1cccc(Br)c1)S(=O)(=O)c1ccccc1)c1ccccc1. The average Bonchev–Trinajstić information content (AvgIpc) is 2.78. The monoisotopic (exact) mass is 501 g/mol. The van der Waals surface area contributed by atoms with Gasteiger partial charge in [-0.15, -0.1) is 0 Å². The number of sulfonamides is 1. The Hall–Kier alpha value is -2.84. The molecule has 0 fully saturated rings. The third-order valence-electron chi connectivity index (χ3n) is 4.68. The van der Waals surface area contributed by atoms with Gasteiger partial charge in [0.15, 0.2) is 0 Å². The van der Waals surface area contributed by atoms with E-state index in [2.05, 4.69) is 21.2 Å². The number of nitrogens with one attached hydrogen (secondary N) is 1. The molecular formula is C23H24BrN3O3S. The molecule has 1 amide bonds. The highest BCUT2D eigenvalue weighted by molar-refractivity contribution is 9.10. The van der Waals surface area contributed by atoms with Crippen molar-refractivity contribution in [2.75, 3.05) is 35.9 Å². The van der Waals surface area contributed by atoms with Crippen molar-refractivity contribution in [1.29, 1.82) is 0 Å². The van der Waals surface area contributed by atoms with Gasteiger partial charge in [0, 0.05) is 30.3 Å². The molecule has 0 aromatic heterocycles. The van der Waals surface area contributed by atoms with Crippen LogP contribution in [-0.4, -0.2) is 41.0 Å². The number of halogens is 1. The number of rotatable bonds is 9. The van der Waals surface area contributed by atoms with Crippen molar-refractivity contribution in [1.82, 2.24) is 5.32 Å². The summed E-state index contributed by atoms with van der Waals surface area (Å²) in [6, 6.07) is 24.8. The molecule has 6 nitrogen and oxygen atoms in total. The number of anilines is 2. The Morgan fingerprint density at radius 1 is 0.903 bits per heavy atom. The molecule has 3 aromatic rings. The lowest BCUT2D eigenvalue weighted by atomic mass is 10.3. The smallest absolute Gasteiger partial charge is 0.264 e. The predicted octanol–water partition coefficient (Wildman–Crippen LogP) is 3.90. The van der Waals surface area contributed by atoms with Gasteiger partial charge in [-0.2, -0.15) is 0 Å². The van der Waals surface area contributed by atoms with E-state index in [0.29, 0.717) is 18.8 Å². The van der Waals surface area contributed by atoms with Crippen molar-refractivity contribution < 1.29 is 13.2 Å². The summed E-state index contributed by atoms with van der Waals surface area (Å²) in [6.45, 7) is 0.669. The number of para-hydroxylation sites is 1. The molecule has 0 spiro atoms. The molecule has 0 radical (unpaired) electrons. The zero-order valence-corrected chi connectivity index (χ0v) is 19.5. The number of likely N-dealkylation sites (N-methyl/N-ethyl adjacent to an activating group) is 1. The van der Waals surface area contributed by atoms with E-state index >= 15 is 0 Å². The lowest BCUT2D eigenvalue weighted by Gasteiger charge is -2.25. The van der Waals surface area contributed by atoms with Crippen LogP contribution in [0.4, 0.5) is 11.4 Å². The molecule has 0 aliphatic heterocycles. The second kappa shape index (κ2) is 10.5. The van der Waals surface area contributed by atoms with Crippen LogP contribution in [0.1, 0.15) is 0 Å². The Kier molecular flexibility index (Phi) is 7.70. The van der Waals surface area contributed by atoms with Crippen LogP contribution in [0, 0.1) is 0 Å². The van der Waals surface area contributed by atoms with Crippen LogP contribution in [0.5, 0.6) is 0 Å². The summed E-state index contributed by atoms with van der Waals surface area (Å²) in [5.74, 6) is -0.374. The van der Waals surface area contributed by atoms with E-state index in [0.717, 1.165) is 14.5 Å². The number of benzene rings is 3. The Morgan fingerprint density at radius 3 is 2.16 bits per heavy atom. The highest BCUT2D eigenvalue weighted by Crippen LogP contribution is 2.26. The Labute approximate surface area is 191 Å². The maximum absolute atomic E-state index is 13.3. The summed E-state index contributed by atoms with van der Waals surface area (Å²) >= 11 is 3.37. The van der Waals surface area contributed by atoms with Crippen molar-refractivity contribution in [3.63, 3.8) is 0 Å². The molecular weight excluding hydrogens is 478 g/mol. The van der Waals surface area contributed by atoms with Crippen molar-refractivity contribution in [2.24, 2.45) is 0 Å². The number of hydrogen-bond acceptors (Lipinski definition) is 4. The molecule has 3 aromatic carbocycles. The zero-order valence-electron chi connectivity index (χ0n) is 17.1. The summed E-state index contributed by atoms with van der Waals surface area (Å²) in [7, 11) is -1.97. The van der Waals surface area contributed by atoms with Gasteiger partial charge in [-0.3, -0.25) is 9.10 Å². The Balaban J connectivity index is 1.72. The van der Waals surface area contributed by atoms with Crippen LogP contribution >= 0.6 is 15.9 Å². The maximum Gasteiger partial charge on any atom is 0.264 e. The first-order valence-electron chi connectivity index (χ1n) is 9.74. The molecule has 31 heavy (non-hydrogen) atoms. The van der Waals surface area contributed by atoms with Gasteiger partial charge in [0.05, 0.1) is 10.6 Å². The van der Waals surface area contributed by atoms with E-state index < -0.39 is 10.0 Å². The Morgan fingerprint density at radius 2 is 1.52 bits per heavy atom. The molecule has 1 N–H and O–H groups in total. The normalized spacial score (nSPS) is 11.0. The summed E-state index contributed by atoms with van der Waals surface area (Å²) in [5.41, 5.74) is 1.45. The lowest BCUT2D eigenvalue weighted by molar-refractivity contribution is -0.119. The van der Waals surface area contributed by atoms with E-state index in [1.165, 1.54) is 12.1 Å².